The van der Waals surface area contributed by atoms with Crippen molar-refractivity contribution in [3.8, 4) is 0 Å². The summed E-state index contributed by atoms with van der Waals surface area (Å²) in [5, 5.41) is 8.62. The van der Waals surface area contributed by atoms with E-state index in [1.165, 1.54) is 17.4 Å². The van der Waals surface area contributed by atoms with Crippen LogP contribution < -0.4 is 0 Å². The highest BCUT2D eigenvalue weighted by atomic mass is 32.1. The van der Waals surface area contributed by atoms with Crippen LogP contribution >= 0.6 is 11.3 Å². The number of likely N-dealkylation sites (N-methyl/N-ethyl adjacent to an activating group) is 1. The molecule has 0 bridgehead atoms. The van der Waals surface area contributed by atoms with Gasteiger partial charge in [-0.15, -0.1) is 11.3 Å². The third kappa shape index (κ3) is 3.71. The number of carboxylic acids is 1. The molecule has 1 aliphatic rings. The standard InChI is InChI=1S/C15H20N2O3S/c1-15(2)10-17(9-8-16(15)3)14(20)12-6-4-11(21-12)5-7-13(18)19/h4-7H,8-10H2,1-3H3,(H,18,19). The number of nitrogens with zero attached hydrogens (tertiary/aromatic N) is 2. The second-order valence-corrected chi connectivity index (χ2v) is 6.95. The van der Waals surface area contributed by atoms with E-state index in [2.05, 4.69) is 25.8 Å². The van der Waals surface area contributed by atoms with Crippen LogP contribution in [0.1, 0.15) is 28.4 Å². The molecule has 0 radical (unpaired) electrons. The lowest BCUT2D eigenvalue weighted by atomic mass is 9.99. The monoisotopic (exact) mass is 308 g/mol. The minimum atomic E-state index is -0.989. The Balaban J connectivity index is 2.09. The molecule has 21 heavy (non-hydrogen) atoms. The van der Waals surface area contributed by atoms with E-state index in [9.17, 15) is 9.59 Å². The van der Waals surface area contributed by atoms with Crippen LogP contribution in [0, 0.1) is 0 Å². The number of piperazine rings is 1. The quantitative estimate of drug-likeness (QED) is 0.868. The van der Waals surface area contributed by atoms with Crippen LogP contribution in [0.3, 0.4) is 0 Å². The lowest BCUT2D eigenvalue weighted by molar-refractivity contribution is -0.131. The molecule has 0 saturated carbocycles. The van der Waals surface area contributed by atoms with Crippen molar-refractivity contribution in [3.63, 3.8) is 0 Å². The molecule has 1 amide bonds. The van der Waals surface area contributed by atoms with Gasteiger partial charge in [-0.05, 0) is 39.1 Å². The summed E-state index contributed by atoms with van der Waals surface area (Å²) < 4.78 is 0. The lowest BCUT2D eigenvalue weighted by Gasteiger charge is -2.45. The Morgan fingerprint density at radius 1 is 1.33 bits per heavy atom. The van der Waals surface area contributed by atoms with Crippen molar-refractivity contribution in [2.75, 3.05) is 26.7 Å². The van der Waals surface area contributed by atoms with E-state index in [1.54, 1.807) is 12.1 Å². The van der Waals surface area contributed by atoms with Crippen LogP contribution in [-0.2, 0) is 4.79 Å². The average Bonchev–Trinajstić information content (AvgIpc) is 2.87. The molecule has 114 valence electrons. The zero-order valence-corrected chi connectivity index (χ0v) is 13.3. The normalized spacial score (nSPS) is 19.1. The molecule has 2 heterocycles. The summed E-state index contributed by atoms with van der Waals surface area (Å²) in [4.78, 5) is 28.6. The maximum Gasteiger partial charge on any atom is 0.328 e. The van der Waals surface area contributed by atoms with Gasteiger partial charge < -0.3 is 10.0 Å². The highest BCUT2D eigenvalue weighted by molar-refractivity contribution is 7.14. The number of rotatable bonds is 3. The fourth-order valence-corrected chi connectivity index (χ4v) is 3.16. The van der Waals surface area contributed by atoms with E-state index in [0.29, 0.717) is 11.4 Å². The van der Waals surface area contributed by atoms with Crippen LogP contribution in [0.15, 0.2) is 18.2 Å². The smallest absolute Gasteiger partial charge is 0.328 e. The minimum absolute atomic E-state index is 0.0242. The molecule has 2 rings (SSSR count). The van der Waals surface area contributed by atoms with Crippen LogP contribution in [0.4, 0.5) is 0 Å². The van der Waals surface area contributed by atoms with Crippen molar-refractivity contribution >= 4 is 29.3 Å². The Morgan fingerprint density at radius 3 is 2.67 bits per heavy atom. The number of hydrogen-bond donors (Lipinski definition) is 1. The number of aliphatic carboxylic acids is 1. The van der Waals surface area contributed by atoms with Crippen molar-refractivity contribution in [1.82, 2.24) is 9.80 Å². The first-order chi connectivity index (χ1) is 9.79. The predicted molar refractivity (Wildman–Crippen MR) is 83.6 cm³/mol. The molecule has 1 saturated heterocycles. The van der Waals surface area contributed by atoms with E-state index < -0.39 is 5.97 Å². The zero-order chi connectivity index (χ0) is 15.6. The summed E-state index contributed by atoms with van der Waals surface area (Å²) in [6.07, 6.45) is 2.59. The second-order valence-electron chi connectivity index (χ2n) is 5.83. The van der Waals surface area contributed by atoms with E-state index in [4.69, 9.17) is 5.11 Å². The molecule has 1 N–H and O–H groups in total. The molecule has 5 nitrogen and oxygen atoms in total. The molecule has 1 aliphatic heterocycles. The van der Waals surface area contributed by atoms with Gasteiger partial charge in [0.15, 0.2) is 0 Å². The van der Waals surface area contributed by atoms with Gasteiger partial charge in [0.05, 0.1) is 4.88 Å². The highest BCUT2D eigenvalue weighted by Crippen LogP contribution is 2.24. The van der Waals surface area contributed by atoms with E-state index in [-0.39, 0.29) is 11.4 Å². The second kappa shape index (κ2) is 5.99. The summed E-state index contributed by atoms with van der Waals surface area (Å²) in [6, 6.07) is 3.54. The van der Waals surface area contributed by atoms with E-state index in [1.807, 2.05) is 4.90 Å². The molecule has 0 atom stereocenters. The fourth-order valence-electron chi connectivity index (χ4n) is 2.28. The van der Waals surface area contributed by atoms with Crippen molar-refractivity contribution in [3.05, 3.63) is 28.0 Å². The molecule has 1 aromatic heterocycles. The Hall–Kier alpha value is -1.66. The molecule has 1 fully saturated rings. The van der Waals surface area contributed by atoms with Crippen LogP contribution in [0.25, 0.3) is 6.08 Å². The van der Waals surface area contributed by atoms with Gasteiger partial charge in [-0.1, -0.05) is 0 Å². The van der Waals surface area contributed by atoms with Gasteiger partial charge in [-0.25, -0.2) is 4.79 Å². The van der Waals surface area contributed by atoms with Crippen LogP contribution in [0.5, 0.6) is 0 Å². The molecule has 0 spiro atoms. The van der Waals surface area contributed by atoms with Crippen molar-refractivity contribution in [2.45, 2.75) is 19.4 Å². The number of carbonyl (C=O) groups is 2. The SMILES string of the molecule is CN1CCN(C(=O)c2ccc(C=CC(=O)O)s2)CC1(C)C. The number of carbonyl (C=O) groups excluding carboxylic acids is 1. The number of carboxylic acid groups (broad SMARTS) is 1. The maximum absolute atomic E-state index is 12.5. The third-order valence-electron chi connectivity index (χ3n) is 3.83. The lowest BCUT2D eigenvalue weighted by Crippen LogP contribution is -2.58. The largest absolute Gasteiger partial charge is 0.478 e. The molecular formula is C15H20N2O3S. The average molecular weight is 308 g/mol. The van der Waals surface area contributed by atoms with Crippen LogP contribution in [-0.4, -0.2) is 59.0 Å². The number of hydrogen-bond acceptors (Lipinski definition) is 4. The number of amides is 1. The van der Waals surface area contributed by atoms with Crippen LogP contribution in [0.2, 0.25) is 0 Å². The van der Waals surface area contributed by atoms with Gasteiger partial charge in [0.2, 0.25) is 0 Å². The predicted octanol–water partition coefficient (Wildman–Crippen LogP) is 2.01. The first-order valence-corrected chi connectivity index (χ1v) is 7.62. The Labute approximate surface area is 128 Å². The third-order valence-corrected chi connectivity index (χ3v) is 4.87. The van der Waals surface area contributed by atoms with Gasteiger partial charge in [0.1, 0.15) is 0 Å². The zero-order valence-electron chi connectivity index (χ0n) is 12.5. The topological polar surface area (TPSA) is 60.9 Å². The fraction of sp³-hybridized carbons (Fsp3) is 0.467. The Kier molecular flexibility index (Phi) is 4.49. The summed E-state index contributed by atoms with van der Waals surface area (Å²) in [5.74, 6) is -0.965. The Morgan fingerprint density at radius 2 is 2.05 bits per heavy atom. The number of thiophene rings is 1. The van der Waals surface area contributed by atoms with E-state index in [0.717, 1.165) is 24.0 Å². The van der Waals surface area contributed by atoms with E-state index >= 15 is 0 Å². The molecule has 1 aromatic rings. The van der Waals surface area contributed by atoms with Crippen molar-refractivity contribution in [2.24, 2.45) is 0 Å². The van der Waals surface area contributed by atoms with Crippen molar-refractivity contribution in [1.29, 1.82) is 0 Å². The molecule has 0 aromatic carbocycles. The van der Waals surface area contributed by atoms with Gasteiger partial charge in [-0.3, -0.25) is 9.69 Å². The minimum Gasteiger partial charge on any atom is -0.478 e. The molecular weight excluding hydrogens is 288 g/mol. The molecule has 0 unspecified atom stereocenters. The Bertz CT molecular complexity index is 577. The first kappa shape index (κ1) is 15.7. The highest BCUT2D eigenvalue weighted by Gasteiger charge is 2.33. The molecule has 6 heteroatoms. The van der Waals surface area contributed by atoms with Gasteiger partial charge in [0.25, 0.3) is 5.91 Å². The summed E-state index contributed by atoms with van der Waals surface area (Å²) in [6.45, 7) is 6.52. The maximum atomic E-state index is 12.5. The summed E-state index contributed by atoms with van der Waals surface area (Å²) in [7, 11) is 2.07. The first-order valence-electron chi connectivity index (χ1n) is 6.81. The molecule has 0 aliphatic carbocycles. The van der Waals surface area contributed by atoms with Crippen molar-refractivity contribution < 1.29 is 14.7 Å². The van der Waals surface area contributed by atoms with Gasteiger partial charge in [-0.2, -0.15) is 0 Å². The summed E-state index contributed by atoms with van der Waals surface area (Å²) in [5.41, 5.74) is -0.0305. The van der Waals surface area contributed by atoms with Gasteiger partial charge >= 0.3 is 5.97 Å². The summed E-state index contributed by atoms with van der Waals surface area (Å²) >= 11 is 1.32. The van der Waals surface area contributed by atoms with Gasteiger partial charge in [0, 0.05) is 36.1 Å².